The van der Waals surface area contributed by atoms with Gasteiger partial charge >= 0.3 is 0 Å². The summed E-state index contributed by atoms with van der Waals surface area (Å²) in [6, 6.07) is 14.2. The molecule has 0 bridgehead atoms. The Morgan fingerprint density at radius 2 is 1.66 bits per heavy atom. The Labute approximate surface area is 180 Å². The molecule has 2 aromatic carbocycles. The first kappa shape index (κ1) is 21.5. The molecular weight excluding hydrogens is 434 g/mol. The van der Waals surface area contributed by atoms with E-state index in [9.17, 15) is 4.79 Å². The van der Waals surface area contributed by atoms with Gasteiger partial charge in [0.2, 0.25) is 0 Å². The standard InChI is InChI=1S/C22H28BrN3O3/c1-16(25-9-11-26(12-10-25)18-7-5-4-6-8-18)15-24-22(27)17-13-19(28-2)21(23)20(14-17)29-3/h4-8,13-14,16H,9-12,15H2,1-3H3,(H,24,27). The van der Waals surface area contributed by atoms with Crippen LogP contribution in [0.25, 0.3) is 0 Å². The van der Waals surface area contributed by atoms with Gasteiger partial charge in [0, 0.05) is 50.0 Å². The van der Waals surface area contributed by atoms with Gasteiger partial charge in [-0.15, -0.1) is 0 Å². The van der Waals surface area contributed by atoms with Gasteiger partial charge in [0.25, 0.3) is 5.91 Å². The van der Waals surface area contributed by atoms with Crippen molar-refractivity contribution in [1.82, 2.24) is 10.2 Å². The summed E-state index contributed by atoms with van der Waals surface area (Å²) in [6.45, 7) is 6.68. The molecule has 0 aromatic heterocycles. The summed E-state index contributed by atoms with van der Waals surface area (Å²) in [5, 5.41) is 3.04. The van der Waals surface area contributed by atoms with E-state index in [2.05, 4.69) is 62.2 Å². The number of ether oxygens (including phenoxy) is 2. The van der Waals surface area contributed by atoms with Crippen molar-refractivity contribution in [1.29, 1.82) is 0 Å². The lowest BCUT2D eigenvalue weighted by Crippen LogP contribution is -2.52. The molecule has 0 spiro atoms. The summed E-state index contributed by atoms with van der Waals surface area (Å²) in [5.41, 5.74) is 1.79. The van der Waals surface area contributed by atoms with Crippen molar-refractivity contribution in [3.8, 4) is 11.5 Å². The number of benzene rings is 2. The Morgan fingerprint density at radius 1 is 1.07 bits per heavy atom. The van der Waals surface area contributed by atoms with Crippen molar-refractivity contribution in [2.45, 2.75) is 13.0 Å². The predicted octanol–water partition coefficient (Wildman–Crippen LogP) is 3.41. The van der Waals surface area contributed by atoms with Crippen molar-refractivity contribution < 1.29 is 14.3 Å². The number of nitrogens with zero attached hydrogens (tertiary/aromatic N) is 2. The maximum Gasteiger partial charge on any atom is 0.251 e. The van der Waals surface area contributed by atoms with E-state index in [1.54, 1.807) is 26.4 Å². The minimum absolute atomic E-state index is 0.135. The fourth-order valence-corrected chi connectivity index (χ4v) is 4.08. The van der Waals surface area contributed by atoms with E-state index in [0.29, 0.717) is 28.1 Å². The Bertz CT molecular complexity index is 798. The number of rotatable bonds is 7. The van der Waals surface area contributed by atoms with Crippen LogP contribution in [0.4, 0.5) is 5.69 Å². The number of carbonyl (C=O) groups is 1. The topological polar surface area (TPSA) is 54.0 Å². The van der Waals surface area contributed by atoms with E-state index >= 15 is 0 Å². The minimum Gasteiger partial charge on any atom is -0.495 e. The molecule has 1 amide bonds. The average molecular weight is 462 g/mol. The smallest absolute Gasteiger partial charge is 0.251 e. The zero-order valence-electron chi connectivity index (χ0n) is 17.2. The van der Waals surface area contributed by atoms with Crippen LogP contribution in [0, 0.1) is 0 Å². The monoisotopic (exact) mass is 461 g/mol. The van der Waals surface area contributed by atoms with Crippen LogP contribution >= 0.6 is 15.9 Å². The van der Waals surface area contributed by atoms with Gasteiger partial charge in [-0.2, -0.15) is 0 Å². The predicted molar refractivity (Wildman–Crippen MR) is 119 cm³/mol. The maximum atomic E-state index is 12.7. The third kappa shape index (κ3) is 5.22. The normalized spacial score (nSPS) is 15.7. The second-order valence-electron chi connectivity index (χ2n) is 7.11. The largest absolute Gasteiger partial charge is 0.495 e. The molecule has 3 rings (SSSR count). The van der Waals surface area contributed by atoms with Gasteiger partial charge in [-0.3, -0.25) is 9.69 Å². The fraction of sp³-hybridized carbons (Fsp3) is 0.409. The van der Waals surface area contributed by atoms with E-state index < -0.39 is 0 Å². The number of para-hydroxylation sites is 1. The van der Waals surface area contributed by atoms with Crippen molar-refractivity contribution in [2.75, 3.05) is 51.8 Å². The van der Waals surface area contributed by atoms with Gasteiger partial charge < -0.3 is 19.7 Å². The molecule has 1 heterocycles. The van der Waals surface area contributed by atoms with Crippen LogP contribution in [0.3, 0.4) is 0 Å². The highest BCUT2D eigenvalue weighted by Gasteiger charge is 2.22. The molecular formula is C22H28BrN3O3. The summed E-state index contributed by atoms with van der Waals surface area (Å²) in [6.07, 6.45) is 0. The third-order valence-corrected chi connectivity index (χ3v) is 6.11. The molecule has 1 aliphatic heterocycles. The highest BCUT2D eigenvalue weighted by Crippen LogP contribution is 2.35. The molecule has 1 saturated heterocycles. The quantitative estimate of drug-likeness (QED) is 0.684. The molecule has 2 aromatic rings. The van der Waals surface area contributed by atoms with Crippen LogP contribution in [-0.2, 0) is 0 Å². The average Bonchev–Trinajstić information content (AvgIpc) is 2.78. The van der Waals surface area contributed by atoms with E-state index in [1.807, 2.05) is 6.07 Å². The van der Waals surface area contributed by atoms with Gasteiger partial charge in [-0.05, 0) is 47.1 Å². The summed E-state index contributed by atoms with van der Waals surface area (Å²) in [4.78, 5) is 17.5. The summed E-state index contributed by atoms with van der Waals surface area (Å²) in [7, 11) is 3.14. The van der Waals surface area contributed by atoms with Crippen LogP contribution in [-0.4, -0.2) is 63.8 Å². The van der Waals surface area contributed by atoms with Crippen molar-refractivity contribution >= 4 is 27.5 Å². The number of halogens is 1. The van der Waals surface area contributed by atoms with Gasteiger partial charge in [0.1, 0.15) is 16.0 Å². The number of nitrogens with one attached hydrogen (secondary N) is 1. The summed E-state index contributed by atoms with van der Waals surface area (Å²) < 4.78 is 11.3. The molecule has 1 unspecified atom stereocenters. The Morgan fingerprint density at radius 3 is 2.21 bits per heavy atom. The van der Waals surface area contributed by atoms with E-state index in [4.69, 9.17) is 9.47 Å². The van der Waals surface area contributed by atoms with Gasteiger partial charge in [-0.1, -0.05) is 18.2 Å². The summed E-state index contributed by atoms with van der Waals surface area (Å²) >= 11 is 3.43. The second-order valence-corrected chi connectivity index (χ2v) is 7.91. The zero-order chi connectivity index (χ0) is 20.8. The Kier molecular flexibility index (Phi) is 7.39. The molecule has 0 radical (unpaired) electrons. The van der Waals surface area contributed by atoms with Gasteiger partial charge in [-0.25, -0.2) is 0 Å². The molecule has 0 saturated carbocycles. The zero-order valence-corrected chi connectivity index (χ0v) is 18.7. The molecule has 29 heavy (non-hydrogen) atoms. The number of hydrogen-bond acceptors (Lipinski definition) is 5. The highest BCUT2D eigenvalue weighted by molar-refractivity contribution is 9.10. The van der Waals surface area contributed by atoms with E-state index in [1.165, 1.54) is 5.69 Å². The molecule has 1 atom stereocenters. The maximum absolute atomic E-state index is 12.7. The lowest BCUT2D eigenvalue weighted by Gasteiger charge is -2.39. The van der Waals surface area contributed by atoms with Crippen LogP contribution in [0.1, 0.15) is 17.3 Å². The number of methoxy groups -OCH3 is 2. The molecule has 6 nitrogen and oxygen atoms in total. The molecule has 1 fully saturated rings. The van der Waals surface area contributed by atoms with Crippen molar-refractivity contribution in [3.05, 3.63) is 52.5 Å². The number of hydrogen-bond donors (Lipinski definition) is 1. The Balaban J connectivity index is 1.53. The molecule has 0 aliphatic carbocycles. The van der Waals surface area contributed by atoms with E-state index in [0.717, 1.165) is 26.2 Å². The first-order valence-corrected chi connectivity index (χ1v) is 10.6. The van der Waals surface area contributed by atoms with Gasteiger partial charge in [0.15, 0.2) is 0 Å². The minimum atomic E-state index is -0.135. The number of amides is 1. The lowest BCUT2D eigenvalue weighted by atomic mass is 10.1. The first-order valence-electron chi connectivity index (χ1n) is 9.77. The van der Waals surface area contributed by atoms with Crippen molar-refractivity contribution in [3.63, 3.8) is 0 Å². The second kappa shape index (κ2) is 9.98. The SMILES string of the molecule is COc1cc(C(=O)NCC(C)N2CCN(c3ccccc3)CC2)cc(OC)c1Br. The van der Waals surface area contributed by atoms with E-state index in [-0.39, 0.29) is 11.9 Å². The molecule has 156 valence electrons. The number of carbonyl (C=O) groups excluding carboxylic acids is 1. The van der Waals surface area contributed by atoms with Crippen LogP contribution < -0.4 is 19.7 Å². The molecule has 1 aliphatic rings. The van der Waals surface area contributed by atoms with Crippen molar-refractivity contribution in [2.24, 2.45) is 0 Å². The van der Waals surface area contributed by atoms with Crippen LogP contribution in [0.15, 0.2) is 46.9 Å². The summed E-state index contributed by atoms with van der Waals surface area (Å²) in [5.74, 6) is 1.00. The van der Waals surface area contributed by atoms with Gasteiger partial charge in [0.05, 0.1) is 14.2 Å². The Hall–Kier alpha value is -2.25. The lowest BCUT2D eigenvalue weighted by molar-refractivity contribution is 0.0933. The third-order valence-electron chi connectivity index (χ3n) is 5.32. The fourth-order valence-electron chi connectivity index (χ4n) is 3.53. The van der Waals surface area contributed by atoms with Crippen LogP contribution in [0.2, 0.25) is 0 Å². The highest BCUT2D eigenvalue weighted by atomic mass is 79.9. The first-order chi connectivity index (χ1) is 14.0. The molecule has 7 heteroatoms. The molecule has 1 N–H and O–H groups in total. The van der Waals surface area contributed by atoms with Crippen LogP contribution in [0.5, 0.6) is 11.5 Å². The number of piperazine rings is 1. The number of anilines is 1.